The van der Waals surface area contributed by atoms with Gasteiger partial charge in [-0.3, -0.25) is 9.59 Å². The summed E-state index contributed by atoms with van der Waals surface area (Å²) in [6.07, 6.45) is 5.09. The molecule has 0 bridgehead atoms. The maximum Gasteiger partial charge on any atom is 0.314 e. The van der Waals surface area contributed by atoms with E-state index in [0.29, 0.717) is 16.3 Å². The Hall–Kier alpha value is -1.69. The van der Waals surface area contributed by atoms with Crippen molar-refractivity contribution < 1.29 is 0 Å². The first kappa shape index (κ1) is 14.3. The lowest BCUT2D eigenvalue weighted by molar-refractivity contribution is 0.886. The van der Waals surface area contributed by atoms with Gasteiger partial charge in [0, 0.05) is 24.2 Å². The van der Waals surface area contributed by atoms with E-state index >= 15 is 0 Å². The standard InChI is InChI=1S/C15H19N3O2S/c1-18(2)12-7-10-11(17-15(20)14(19)16-10)8-13(12)21-9-5-3-4-6-9/h7-9H,3-6H2,1-2H3,(H,16,19)(H,17,20). The lowest BCUT2D eigenvalue weighted by atomic mass is 10.2. The molecule has 1 aliphatic carbocycles. The maximum atomic E-state index is 11.5. The van der Waals surface area contributed by atoms with E-state index in [1.54, 1.807) is 0 Å². The van der Waals surface area contributed by atoms with Crippen molar-refractivity contribution in [2.24, 2.45) is 0 Å². The highest BCUT2D eigenvalue weighted by atomic mass is 32.2. The van der Waals surface area contributed by atoms with Crippen molar-refractivity contribution in [3.05, 3.63) is 32.8 Å². The maximum absolute atomic E-state index is 11.5. The number of hydrogen-bond acceptors (Lipinski definition) is 4. The normalized spacial score (nSPS) is 15.7. The largest absolute Gasteiger partial charge is 0.377 e. The number of fused-ring (bicyclic) bond motifs is 1. The summed E-state index contributed by atoms with van der Waals surface area (Å²) in [5, 5.41) is 0.649. The summed E-state index contributed by atoms with van der Waals surface area (Å²) >= 11 is 1.88. The second-order valence-electron chi connectivity index (χ2n) is 5.69. The van der Waals surface area contributed by atoms with E-state index in [-0.39, 0.29) is 0 Å². The van der Waals surface area contributed by atoms with E-state index in [2.05, 4.69) is 9.97 Å². The first-order valence-electron chi connectivity index (χ1n) is 7.19. The van der Waals surface area contributed by atoms with Crippen molar-refractivity contribution in [2.75, 3.05) is 19.0 Å². The molecule has 1 aromatic carbocycles. The highest BCUT2D eigenvalue weighted by Crippen LogP contribution is 2.40. The van der Waals surface area contributed by atoms with Crippen LogP contribution in [0.3, 0.4) is 0 Å². The first-order valence-corrected chi connectivity index (χ1v) is 8.07. The highest BCUT2D eigenvalue weighted by molar-refractivity contribution is 8.00. The molecule has 0 spiro atoms. The van der Waals surface area contributed by atoms with Gasteiger partial charge in [0.1, 0.15) is 0 Å². The summed E-state index contributed by atoms with van der Waals surface area (Å²) in [5.41, 5.74) is 1.21. The number of thioether (sulfide) groups is 1. The molecule has 6 heteroatoms. The molecule has 2 N–H and O–H groups in total. The Labute approximate surface area is 126 Å². The number of anilines is 1. The van der Waals surface area contributed by atoms with E-state index in [1.165, 1.54) is 25.7 Å². The molecule has 2 aromatic rings. The fraction of sp³-hybridized carbons (Fsp3) is 0.467. The molecule has 21 heavy (non-hydrogen) atoms. The molecule has 0 radical (unpaired) electrons. The number of hydrogen-bond donors (Lipinski definition) is 2. The molecular weight excluding hydrogens is 286 g/mol. The molecule has 1 aromatic heterocycles. The number of aromatic nitrogens is 2. The minimum Gasteiger partial charge on any atom is -0.377 e. The molecule has 0 aliphatic heterocycles. The van der Waals surface area contributed by atoms with Gasteiger partial charge in [0.15, 0.2) is 0 Å². The lowest BCUT2D eigenvalue weighted by Crippen LogP contribution is -2.29. The third-order valence-electron chi connectivity index (χ3n) is 3.88. The Kier molecular flexibility index (Phi) is 3.80. The number of benzene rings is 1. The Morgan fingerprint density at radius 1 is 1.05 bits per heavy atom. The quantitative estimate of drug-likeness (QED) is 0.854. The third kappa shape index (κ3) is 2.85. The van der Waals surface area contributed by atoms with Crippen LogP contribution in [-0.4, -0.2) is 29.3 Å². The summed E-state index contributed by atoms with van der Waals surface area (Å²) in [5.74, 6) is 0. The van der Waals surface area contributed by atoms with E-state index < -0.39 is 11.1 Å². The first-order chi connectivity index (χ1) is 10.0. The predicted molar refractivity (Wildman–Crippen MR) is 87.6 cm³/mol. The van der Waals surface area contributed by atoms with Crippen molar-refractivity contribution in [3.8, 4) is 0 Å². The number of rotatable bonds is 3. The highest BCUT2D eigenvalue weighted by Gasteiger charge is 2.19. The molecular formula is C15H19N3O2S. The fourth-order valence-corrected chi connectivity index (χ4v) is 4.24. The minimum atomic E-state index is -0.608. The van der Waals surface area contributed by atoms with Gasteiger partial charge >= 0.3 is 11.1 Å². The van der Waals surface area contributed by atoms with Crippen molar-refractivity contribution in [3.63, 3.8) is 0 Å². The van der Waals surface area contributed by atoms with Crippen LogP contribution in [0, 0.1) is 0 Å². The summed E-state index contributed by atoms with van der Waals surface area (Å²) in [7, 11) is 3.98. The van der Waals surface area contributed by atoms with Crippen LogP contribution in [0.25, 0.3) is 11.0 Å². The van der Waals surface area contributed by atoms with Crippen LogP contribution in [0.4, 0.5) is 5.69 Å². The predicted octanol–water partition coefficient (Wildman–Crippen LogP) is 2.32. The van der Waals surface area contributed by atoms with Crippen LogP contribution < -0.4 is 16.0 Å². The minimum absolute atomic E-state index is 0.600. The zero-order chi connectivity index (χ0) is 15.0. The number of nitrogens with zero attached hydrogens (tertiary/aromatic N) is 1. The molecule has 112 valence electrons. The second-order valence-corrected chi connectivity index (χ2v) is 7.03. The van der Waals surface area contributed by atoms with Crippen molar-refractivity contribution in [1.82, 2.24) is 9.97 Å². The summed E-state index contributed by atoms with van der Waals surface area (Å²) in [6.45, 7) is 0. The zero-order valence-electron chi connectivity index (χ0n) is 12.2. The lowest BCUT2D eigenvalue weighted by Gasteiger charge is -2.20. The van der Waals surface area contributed by atoms with Crippen LogP contribution in [0.1, 0.15) is 25.7 Å². The molecule has 1 fully saturated rings. The Bertz CT molecular complexity index is 773. The van der Waals surface area contributed by atoms with E-state index in [0.717, 1.165) is 10.6 Å². The van der Waals surface area contributed by atoms with Crippen LogP contribution >= 0.6 is 11.8 Å². The number of H-pyrrole nitrogens is 2. The molecule has 1 aliphatic rings. The molecule has 0 amide bonds. The van der Waals surface area contributed by atoms with E-state index in [4.69, 9.17) is 0 Å². The Morgan fingerprint density at radius 3 is 2.19 bits per heavy atom. The van der Waals surface area contributed by atoms with Crippen molar-refractivity contribution in [2.45, 2.75) is 35.8 Å². The second kappa shape index (κ2) is 5.60. The van der Waals surface area contributed by atoms with Gasteiger partial charge in [-0.1, -0.05) is 12.8 Å². The van der Waals surface area contributed by atoms with Gasteiger partial charge in [-0.2, -0.15) is 0 Å². The van der Waals surface area contributed by atoms with Gasteiger partial charge in [-0.05, 0) is 25.0 Å². The van der Waals surface area contributed by atoms with Crippen molar-refractivity contribution >= 4 is 28.5 Å². The summed E-state index contributed by atoms with van der Waals surface area (Å²) in [4.78, 5) is 31.4. The smallest absolute Gasteiger partial charge is 0.314 e. The number of aromatic amines is 2. The zero-order valence-corrected chi connectivity index (χ0v) is 13.0. The van der Waals surface area contributed by atoms with Gasteiger partial charge in [-0.15, -0.1) is 11.8 Å². The topological polar surface area (TPSA) is 69.0 Å². The monoisotopic (exact) mass is 305 g/mol. The third-order valence-corrected chi connectivity index (χ3v) is 5.27. The Morgan fingerprint density at radius 2 is 1.62 bits per heavy atom. The molecule has 0 saturated heterocycles. The molecule has 5 nitrogen and oxygen atoms in total. The van der Waals surface area contributed by atoms with Crippen LogP contribution in [-0.2, 0) is 0 Å². The van der Waals surface area contributed by atoms with Gasteiger partial charge in [-0.25, -0.2) is 0 Å². The molecule has 1 saturated carbocycles. The molecule has 0 unspecified atom stereocenters. The fourth-order valence-electron chi connectivity index (χ4n) is 2.76. The average molecular weight is 305 g/mol. The van der Waals surface area contributed by atoms with Gasteiger partial charge in [0.2, 0.25) is 0 Å². The summed E-state index contributed by atoms with van der Waals surface area (Å²) in [6, 6.07) is 3.91. The Balaban J connectivity index is 2.11. The van der Waals surface area contributed by atoms with Crippen LogP contribution in [0.15, 0.2) is 26.6 Å². The van der Waals surface area contributed by atoms with Gasteiger partial charge in [0.25, 0.3) is 0 Å². The molecule has 1 heterocycles. The van der Waals surface area contributed by atoms with Gasteiger partial charge < -0.3 is 14.9 Å². The SMILES string of the molecule is CN(C)c1cc2[nH]c(=O)c(=O)[nH]c2cc1SC1CCCC1. The molecule has 0 atom stereocenters. The van der Waals surface area contributed by atoms with Crippen molar-refractivity contribution in [1.29, 1.82) is 0 Å². The number of nitrogens with one attached hydrogen (secondary N) is 2. The van der Waals surface area contributed by atoms with Crippen LogP contribution in [0.5, 0.6) is 0 Å². The van der Waals surface area contributed by atoms with E-state index in [1.807, 2.05) is 42.9 Å². The molecule has 3 rings (SSSR count). The van der Waals surface area contributed by atoms with Gasteiger partial charge in [0.05, 0.1) is 16.7 Å². The van der Waals surface area contributed by atoms with Crippen LogP contribution in [0.2, 0.25) is 0 Å². The van der Waals surface area contributed by atoms with E-state index in [9.17, 15) is 9.59 Å². The average Bonchev–Trinajstić information content (AvgIpc) is 2.92. The summed E-state index contributed by atoms with van der Waals surface area (Å²) < 4.78 is 0.